The van der Waals surface area contributed by atoms with Crippen LogP contribution in [0.5, 0.6) is 11.5 Å². The van der Waals surface area contributed by atoms with Gasteiger partial charge in [0.25, 0.3) is 0 Å². The number of benzene rings is 3. The molecule has 3 aromatic carbocycles. The fraction of sp³-hybridized carbons (Fsp3) is 0.0833. The Labute approximate surface area is 173 Å². The number of methoxy groups -OCH3 is 1. The van der Waals surface area contributed by atoms with Gasteiger partial charge in [-0.15, -0.1) is 0 Å². The SMILES string of the molecule is COc1cc(-c2c[nH]c(-c3ccc(C(=O)O)cc3)n2)ccc1OCc1ccccc1. The first kappa shape index (κ1) is 19.3. The molecule has 4 aromatic rings. The number of hydrogen-bond acceptors (Lipinski definition) is 4. The number of aromatic carboxylic acids is 1. The van der Waals surface area contributed by atoms with Crippen molar-refractivity contribution in [2.45, 2.75) is 6.61 Å². The van der Waals surface area contributed by atoms with E-state index in [1.807, 2.05) is 48.5 Å². The zero-order valence-corrected chi connectivity index (χ0v) is 16.3. The van der Waals surface area contributed by atoms with E-state index in [9.17, 15) is 4.79 Å². The Bertz CT molecular complexity index is 1150. The lowest BCUT2D eigenvalue weighted by Crippen LogP contribution is -1.97. The minimum Gasteiger partial charge on any atom is -0.493 e. The second-order valence-electron chi connectivity index (χ2n) is 6.66. The highest BCUT2D eigenvalue weighted by Gasteiger charge is 2.11. The van der Waals surface area contributed by atoms with E-state index in [0.29, 0.717) is 23.9 Å². The van der Waals surface area contributed by atoms with Gasteiger partial charge in [-0.25, -0.2) is 9.78 Å². The molecule has 0 radical (unpaired) electrons. The third-order valence-electron chi connectivity index (χ3n) is 4.68. The fourth-order valence-corrected chi connectivity index (χ4v) is 3.07. The van der Waals surface area contributed by atoms with E-state index in [1.54, 1.807) is 37.6 Å². The van der Waals surface area contributed by atoms with Crippen molar-refractivity contribution in [3.8, 4) is 34.1 Å². The van der Waals surface area contributed by atoms with E-state index in [1.165, 1.54) is 0 Å². The normalized spacial score (nSPS) is 10.6. The van der Waals surface area contributed by atoms with Crippen LogP contribution in [0.25, 0.3) is 22.6 Å². The van der Waals surface area contributed by atoms with Gasteiger partial charge < -0.3 is 19.6 Å². The molecule has 0 aliphatic rings. The van der Waals surface area contributed by atoms with Gasteiger partial charge >= 0.3 is 5.97 Å². The molecule has 6 nitrogen and oxygen atoms in total. The van der Waals surface area contributed by atoms with Crippen LogP contribution in [0.2, 0.25) is 0 Å². The molecule has 0 aliphatic heterocycles. The first-order valence-corrected chi connectivity index (χ1v) is 9.38. The van der Waals surface area contributed by atoms with Crippen LogP contribution in [0.4, 0.5) is 0 Å². The number of carbonyl (C=O) groups is 1. The van der Waals surface area contributed by atoms with Crippen molar-refractivity contribution in [1.82, 2.24) is 9.97 Å². The number of rotatable bonds is 7. The Morgan fingerprint density at radius 3 is 2.40 bits per heavy atom. The lowest BCUT2D eigenvalue weighted by Gasteiger charge is -2.11. The molecule has 0 saturated heterocycles. The van der Waals surface area contributed by atoms with Gasteiger partial charge in [0.05, 0.1) is 18.4 Å². The molecular weight excluding hydrogens is 380 g/mol. The minimum atomic E-state index is -0.955. The van der Waals surface area contributed by atoms with Crippen LogP contribution >= 0.6 is 0 Å². The number of aromatic amines is 1. The molecule has 0 bridgehead atoms. The number of ether oxygens (including phenoxy) is 2. The number of aromatic nitrogens is 2. The summed E-state index contributed by atoms with van der Waals surface area (Å²) in [4.78, 5) is 18.8. The molecule has 0 fully saturated rings. The maximum absolute atomic E-state index is 11.0. The Morgan fingerprint density at radius 1 is 0.967 bits per heavy atom. The number of carboxylic acids is 1. The predicted molar refractivity (Wildman–Crippen MR) is 114 cm³/mol. The molecule has 2 N–H and O–H groups in total. The van der Waals surface area contributed by atoms with Gasteiger partial charge in [0.1, 0.15) is 12.4 Å². The number of nitrogens with zero attached hydrogens (tertiary/aromatic N) is 1. The molecule has 0 saturated carbocycles. The number of imidazole rings is 1. The van der Waals surface area contributed by atoms with E-state index in [-0.39, 0.29) is 5.56 Å². The standard InChI is InChI=1S/C24H20N2O4/c1-29-22-13-19(11-12-21(22)30-15-16-5-3-2-4-6-16)20-14-25-23(26-20)17-7-9-18(10-8-17)24(27)28/h2-14H,15H2,1H3,(H,25,26)(H,27,28). The molecule has 0 spiro atoms. The van der Waals surface area contributed by atoms with E-state index in [2.05, 4.69) is 9.97 Å². The van der Waals surface area contributed by atoms with Gasteiger partial charge in [0.2, 0.25) is 0 Å². The summed E-state index contributed by atoms with van der Waals surface area (Å²) in [5, 5.41) is 9.03. The maximum Gasteiger partial charge on any atom is 0.335 e. The largest absolute Gasteiger partial charge is 0.493 e. The molecule has 0 unspecified atom stereocenters. The molecule has 6 heteroatoms. The Balaban J connectivity index is 1.53. The van der Waals surface area contributed by atoms with Gasteiger partial charge in [0.15, 0.2) is 11.5 Å². The van der Waals surface area contributed by atoms with Crippen molar-refractivity contribution in [3.63, 3.8) is 0 Å². The highest BCUT2D eigenvalue weighted by atomic mass is 16.5. The number of H-pyrrole nitrogens is 1. The van der Waals surface area contributed by atoms with Crippen molar-refractivity contribution in [1.29, 1.82) is 0 Å². The molecule has 0 amide bonds. The minimum absolute atomic E-state index is 0.237. The third-order valence-corrected chi connectivity index (χ3v) is 4.68. The van der Waals surface area contributed by atoms with Gasteiger partial charge in [-0.1, -0.05) is 42.5 Å². The van der Waals surface area contributed by atoms with Gasteiger partial charge in [0, 0.05) is 17.3 Å². The van der Waals surface area contributed by atoms with Gasteiger partial charge in [-0.2, -0.15) is 0 Å². The van der Waals surface area contributed by atoms with E-state index < -0.39 is 5.97 Å². The fourth-order valence-electron chi connectivity index (χ4n) is 3.07. The zero-order valence-electron chi connectivity index (χ0n) is 16.3. The number of hydrogen-bond donors (Lipinski definition) is 2. The van der Waals surface area contributed by atoms with E-state index >= 15 is 0 Å². The molecule has 0 aliphatic carbocycles. The van der Waals surface area contributed by atoms with Crippen molar-refractivity contribution in [2.24, 2.45) is 0 Å². The smallest absolute Gasteiger partial charge is 0.335 e. The average molecular weight is 400 g/mol. The van der Waals surface area contributed by atoms with Crippen LogP contribution in [-0.4, -0.2) is 28.2 Å². The first-order chi connectivity index (χ1) is 14.6. The predicted octanol–water partition coefficient (Wildman–Crippen LogP) is 5.03. The molecular formula is C24H20N2O4. The van der Waals surface area contributed by atoms with Crippen LogP contribution in [0, 0.1) is 0 Å². The summed E-state index contributed by atoms with van der Waals surface area (Å²) >= 11 is 0. The molecule has 0 atom stereocenters. The topological polar surface area (TPSA) is 84.4 Å². The van der Waals surface area contributed by atoms with Crippen LogP contribution < -0.4 is 9.47 Å². The van der Waals surface area contributed by atoms with E-state index in [4.69, 9.17) is 14.6 Å². The van der Waals surface area contributed by atoms with E-state index in [0.717, 1.165) is 22.4 Å². The molecule has 150 valence electrons. The monoisotopic (exact) mass is 400 g/mol. The summed E-state index contributed by atoms with van der Waals surface area (Å²) < 4.78 is 11.4. The van der Waals surface area contributed by atoms with Crippen LogP contribution in [0.3, 0.4) is 0 Å². The van der Waals surface area contributed by atoms with Crippen molar-refractivity contribution in [3.05, 3.63) is 90.1 Å². The average Bonchev–Trinajstić information content (AvgIpc) is 3.28. The summed E-state index contributed by atoms with van der Waals surface area (Å²) in [7, 11) is 1.61. The van der Waals surface area contributed by atoms with Gasteiger partial charge in [-0.3, -0.25) is 0 Å². The summed E-state index contributed by atoms with van der Waals surface area (Å²) in [6.07, 6.45) is 1.81. The highest BCUT2D eigenvalue weighted by Crippen LogP contribution is 2.33. The van der Waals surface area contributed by atoms with Crippen LogP contribution in [0.1, 0.15) is 15.9 Å². The van der Waals surface area contributed by atoms with Crippen LogP contribution in [0.15, 0.2) is 79.0 Å². The summed E-state index contributed by atoms with van der Waals surface area (Å²) in [5.74, 6) is 0.984. The second kappa shape index (κ2) is 8.53. The zero-order chi connectivity index (χ0) is 20.9. The number of nitrogens with one attached hydrogen (secondary N) is 1. The van der Waals surface area contributed by atoms with Crippen molar-refractivity contribution in [2.75, 3.05) is 7.11 Å². The Morgan fingerprint density at radius 2 is 1.70 bits per heavy atom. The molecule has 4 rings (SSSR count). The Hall–Kier alpha value is -4.06. The highest BCUT2D eigenvalue weighted by molar-refractivity contribution is 5.88. The third kappa shape index (κ3) is 4.17. The molecule has 30 heavy (non-hydrogen) atoms. The lowest BCUT2D eigenvalue weighted by atomic mass is 10.1. The maximum atomic E-state index is 11.0. The first-order valence-electron chi connectivity index (χ1n) is 9.38. The molecule has 1 heterocycles. The van der Waals surface area contributed by atoms with Crippen LogP contribution in [-0.2, 0) is 6.61 Å². The Kier molecular flexibility index (Phi) is 5.48. The quantitative estimate of drug-likeness (QED) is 0.455. The molecule has 1 aromatic heterocycles. The van der Waals surface area contributed by atoms with Crippen molar-refractivity contribution < 1.29 is 19.4 Å². The summed E-state index contributed by atoms with van der Waals surface area (Å²) in [5.41, 5.74) is 3.75. The second-order valence-corrected chi connectivity index (χ2v) is 6.66. The lowest BCUT2D eigenvalue weighted by molar-refractivity contribution is 0.0697. The number of carboxylic acid groups (broad SMARTS) is 1. The van der Waals surface area contributed by atoms with Crippen molar-refractivity contribution >= 4 is 5.97 Å². The summed E-state index contributed by atoms with van der Waals surface area (Å²) in [6.45, 7) is 0.454. The summed E-state index contributed by atoms with van der Waals surface area (Å²) in [6, 6.07) is 22.2. The van der Waals surface area contributed by atoms with Gasteiger partial charge in [-0.05, 0) is 35.9 Å².